The first-order chi connectivity index (χ1) is 15.2. The van der Waals surface area contributed by atoms with Crippen LogP contribution in [0.5, 0.6) is 0 Å². The molecule has 5 aromatic rings. The van der Waals surface area contributed by atoms with Crippen molar-refractivity contribution in [2.45, 2.75) is 19.9 Å². The van der Waals surface area contributed by atoms with E-state index in [2.05, 4.69) is 60.5 Å². The zero-order valence-electron chi connectivity index (χ0n) is 19.3. The van der Waals surface area contributed by atoms with Crippen molar-refractivity contribution in [2.75, 3.05) is 0 Å². The third kappa shape index (κ3) is 2.25. The molecule has 3 heterocycles. The maximum atomic E-state index is 7.74. The Morgan fingerprint density at radius 1 is 0.828 bits per heavy atom. The summed E-state index contributed by atoms with van der Waals surface area (Å²) in [7, 11) is -1.79. The highest BCUT2D eigenvalue weighted by Crippen LogP contribution is 2.38. The van der Waals surface area contributed by atoms with E-state index in [1.807, 2.05) is 12.1 Å². The number of pyridine rings is 1. The molecule has 0 unspecified atom stereocenters. The number of rotatable bonds is 1. The fourth-order valence-electron chi connectivity index (χ4n) is 4.77. The predicted octanol–water partition coefficient (Wildman–Crippen LogP) is 5.76. The molecule has 1 aliphatic heterocycles. The largest absolute Gasteiger partial charge is 0.455 e. The van der Waals surface area contributed by atoms with E-state index < -0.39 is 14.9 Å². The Hall–Kier alpha value is -3.17. The topological polar surface area (TPSA) is 26.0 Å². The summed E-state index contributed by atoms with van der Waals surface area (Å²) in [4.78, 5) is 4.46. The van der Waals surface area contributed by atoms with E-state index >= 15 is 0 Å². The highest BCUT2D eigenvalue weighted by Gasteiger charge is 2.37. The maximum absolute atomic E-state index is 7.74. The van der Waals surface area contributed by atoms with Crippen LogP contribution >= 0.6 is 0 Å². The first-order valence-corrected chi connectivity index (χ1v) is 12.8. The van der Waals surface area contributed by atoms with Gasteiger partial charge in [-0.2, -0.15) is 0 Å². The van der Waals surface area contributed by atoms with Crippen LogP contribution in [0.25, 0.3) is 44.3 Å². The SMILES string of the molecule is [2H]C([2H])([2H])c1ccnc(-c2cccc3c2oc2cc4c(cc23)-c2ccccc2[Si]4(C)C)c1. The van der Waals surface area contributed by atoms with Gasteiger partial charge in [0.15, 0.2) is 0 Å². The molecule has 3 aromatic carbocycles. The lowest BCUT2D eigenvalue weighted by atomic mass is 10.0. The van der Waals surface area contributed by atoms with Gasteiger partial charge in [0.25, 0.3) is 0 Å². The highest BCUT2D eigenvalue weighted by atomic mass is 28.3. The highest BCUT2D eigenvalue weighted by molar-refractivity contribution is 7.03. The number of furan rings is 1. The van der Waals surface area contributed by atoms with Crippen LogP contribution in [0, 0.1) is 6.85 Å². The number of hydrogen-bond donors (Lipinski definition) is 0. The predicted molar refractivity (Wildman–Crippen MR) is 124 cm³/mol. The third-order valence-electron chi connectivity index (χ3n) is 6.24. The molecule has 0 N–H and O–H groups in total. The van der Waals surface area contributed by atoms with Crippen LogP contribution in [0.2, 0.25) is 13.1 Å². The van der Waals surface area contributed by atoms with Gasteiger partial charge in [0.2, 0.25) is 0 Å². The van der Waals surface area contributed by atoms with Gasteiger partial charge in [-0.05, 0) is 64.2 Å². The zero-order chi connectivity index (χ0) is 22.3. The molecule has 0 atom stereocenters. The van der Waals surface area contributed by atoms with E-state index in [0.29, 0.717) is 5.69 Å². The van der Waals surface area contributed by atoms with Gasteiger partial charge in [-0.15, -0.1) is 0 Å². The number of nitrogens with zero attached hydrogens (tertiary/aromatic N) is 1. The summed E-state index contributed by atoms with van der Waals surface area (Å²) in [6, 6.07) is 22.4. The summed E-state index contributed by atoms with van der Waals surface area (Å²) < 4.78 is 29.6. The quantitative estimate of drug-likeness (QED) is 0.338. The molecule has 3 heteroatoms. The average Bonchev–Trinajstić information content (AvgIpc) is 3.25. The lowest BCUT2D eigenvalue weighted by molar-refractivity contribution is 0.670. The normalized spacial score (nSPS) is 16.3. The lowest BCUT2D eigenvalue weighted by Crippen LogP contribution is -2.49. The van der Waals surface area contributed by atoms with E-state index in [1.54, 1.807) is 18.3 Å². The molecule has 140 valence electrons. The minimum absolute atomic E-state index is 0.277. The molecule has 2 nitrogen and oxygen atoms in total. The second-order valence-corrected chi connectivity index (χ2v) is 12.6. The molecule has 0 spiro atoms. The Balaban J connectivity index is 1.62. The van der Waals surface area contributed by atoms with Gasteiger partial charge in [-0.25, -0.2) is 0 Å². The van der Waals surface area contributed by atoms with Crippen LogP contribution in [0.1, 0.15) is 9.68 Å². The van der Waals surface area contributed by atoms with E-state index in [-0.39, 0.29) is 5.56 Å². The summed E-state index contributed by atoms with van der Waals surface area (Å²) in [5.41, 5.74) is 5.94. The van der Waals surface area contributed by atoms with E-state index in [1.165, 1.54) is 21.5 Å². The fraction of sp³-hybridized carbons (Fsp3) is 0.115. The van der Waals surface area contributed by atoms with Crippen LogP contribution in [-0.4, -0.2) is 13.1 Å². The van der Waals surface area contributed by atoms with Gasteiger partial charge >= 0.3 is 0 Å². The Bertz CT molecular complexity index is 1550. The molecular weight excluding hydrogens is 370 g/mol. The summed E-state index contributed by atoms with van der Waals surface area (Å²) in [6.07, 6.45) is 1.55. The van der Waals surface area contributed by atoms with Crippen LogP contribution in [0.3, 0.4) is 0 Å². The maximum Gasteiger partial charge on any atom is 0.144 e. The van der Waals surface area contributed by atoms with Gasteiger partial charge in [-0.1, -0.05) is 49.5 Å². The van der Waals surface area contributed by atoms with Crippen LogP contribution in [0.15, 0.2) is 77.3 Å². The zero-order valence-corrected chi connectivity index (χ0v) is 17.3. The molecule has 1 aliphatic rings. The van der Waals surface area contributed by atoms with Gasteiger partial charge in [-0.3, -0.25) is 4.98 Å². The van der Waals surface area contributed by atoms with Crippen LogP contribution in [0.4, 0.5) is 0 Å². The summed E-state index contributed by atoms with van der Waals surface area (Å²) in [6.45, 7) is 2.60. The molecule has 0 radical (unpaired) electrons. The second kappa shape index (κ2) is 5.68. The van der Waals surface area contributed by atoms with Gasteiger partial charge in [0.1, 0.15) is 19.2 Å². The first kappa shape index (κ1) is 13.9. The Labute approximate surface area is 175 Å². The molecule has 0 bridgehead atoms. The third-order valence-corrected chi connectivity index (χ3v) is 9.78. The standard InChI is InChI=1S/C26H21NOSi/c1-16-11-12-27-22(13-16)19-9-6-8-18-20-14-21-17-7-4-5-10-24(17)29(2,3)25(21)15-23(20)28-26(18)19/h4-15H,1-3H3/i1D3. The average molecular weight is 395 g/mol. The van der Waals surface area contributed by atoms with Gasteiger partial charge in [0, 0.05) is 26.6 Å². The number of aryl methyl sites for hydroxylation is 1. The number of fused-ring (bicyclic) bond motifs is 6. The lowest BCUT2D eigenvalue weighted by Gasteiger charge is -2.18. The van der Waals surface area contributed by atoms with Crippen molar-refractivity contribution in [3.05, 3.63) is 78.5 Å². The van der Waals surface area contributed by atoms with Gasteiger partial charge in [0.05, 0.1) is 5.69 Å². The molecule has 0 aliphatic carbocycles. The number of hydrogen-bond acceptors (Lipinski definition) is 2. The Kier molecular flexibility index (Phi) is 2.72. The van der Waals surface area contributed by atoms with Crippen molar-refractivity contribution >= 4 is 40.4 Å². The summed E-state index contributed by atoms with van der Waals surface area (Å²) >= 11 is 0. The van der Waals surface area contributed by atoms with Crippen LogP contribution < -0.4 is 10.4 Å². The minimum Gasteiger partial charge on any atom is -0.455 e. The molecular formula is C26H21NOSi. The summed E-state index contributed by atoms with van der Waals surface area (Å²) in [5.74, 6) is 0. The molecule has 0 saturated heterocycles. The van der Waals surface area contributed by atoms with Gasteiger partial charge < -0.3 is 4.42 Å². The fourth-order valence-corrected chi connectivity index (χ4v) is 7.84. The van der Waals surface area contributed by atoms with Crippen molar-refractivity contribution in [1.82, 2.24) is 4.98 Å². The van der Waals surface area contributed by atoms with E-state index in [0.717, 1.165) is 27.5 Å². The molecule has 0 saturated carbocycles. The van der Waals surface area contributed by atoms with Crippen molar-refractivity contribution in [3.8, 4) is 22.4 Å². The molecule has 0 fully saturated rings. The Morgan fingerprint density at radius 3 is 2.59 bits per heavy atom. The Morgan fingerprint density at radius 2 is 1.69 bits per heavy atom. The number of benzene rings is 3. The van der Waals surface area contributed by atoms with Crippen molar-refractivity contribution in [2.24, 2.45) is 0 Å². The molecule has 6 rings (SSSR count). The second-order valence-electron chi connectivity index (χ2n) is 8.28. The summed E-state index contributed by atoms with van der Waals surface area (Å²) in [5, 5.41) is 4.96. The monoisotopic (exact) mass is 394 g/mol. The first-order valence-electron chi connectivity index (χ1n) is 11.3. The van der Waals surface area contributed by atoms with Crippen molar-refractivity contribution in [1.29, 1.82) is 0 Å². The molecule has 2 aromatic heterocycles. The van der Waals surface area contributed by atoms with E-state index in [9.17, 15) is 0 Å². The number of aromatic nitrogens is 1. The smallest absolute Gasteiger partial charge is 0.144 e. The number of para-hydroxylation sites is 1. The van der Waals surface area contributed by atoms with Crippen LogP contribution in [-0.2, 0) is 0 Å². The van der Waals surface area contributed by atoms with Crippen molar-refractivity contribution in [3.63, 3.8) is 0 Å². The molecule has 0 amide bonds. The molecule has 29 heavy (non-hydrogen) atoms. The van der Waals surface area contributed by atoms with Crippen molar-refractivity contribution < 1.29 is 8.53 Å². The minimum atomic E-state index is -2.18. The van der Waals surface area contributed by atoms with E-state index in [4.69, 9.17) is 8.53 Å².